The molecule has 4 unspecified atom stereocenters. The van der Waals surface area contributed by atoms with E-state index in [9.17, 15) is 0 Å². The van der Waals surface area contributed by atoms with Crippen LogP contribution in [0.1, 0.15) is 27.7 Å². The molecular formula is C25H28Cl2Zr. The van der Waals surface area contributed by atoms with Gasteiger partial charge >= 0.3 is 166 Å². The molecule has 0 bridgehead atoms. The summed E-state index contributed by atoms with van der Waals surface area (Å²) < 4.78 is 3.05. The average molecular weight is 491 g/mol. The molecule has 0 amide bonds. The van der Waals surface area contributed by atoms with Gasteiger partial charge in [-0.25, -0.2) is 0 Å². The summed E-state index contributed by atoms with van der Waals surface area (Å²) in [6.45, 7) is 9.46. The van der Waals surface area contributed by atoms with E-state index >= 15 is 0 Å². The molecule has 3 heteroatoms. The van der Waals surface area contributed by atoms with Crippen molar-refractivity contribution in [1.82, 2.24) is 0 Å². The summed E-state index contributed by atoms with van der Waals surface area (Å²) in [7, 11) is 0. The van der Waals surface area contributed by atoms with Crippen LogP contribution in [-0.4, -0.2) is 3.21 Å². The van der Waals surface area contributed by atoms with Crippen molar-refractivity contribution in [2.24, 2.45) is 11.8 Å². The van der Waals surface area contributed by atoms with Gasteiger partial charge in [0, 0.05) is 0 Å². The third-order valence-electron chi connectivity index (χ3n) is 6.08. The van der Waals surface area contributed by atoms with Crippen molar-refractivity contribution in [2.75, 3.05) is 0 Å². The minimum atomic E-state index is -1.95. The Morgan fingerprint density at radius 3 is 1.43 bits per heavy atom. The van der Waals surface area contributed by atoms with Crippen molar-refractivity contribution in [3.05, 3.63) is 95.2 Å². The topological polar surface area (TPSA) is 0 Å². The zero-order valence-electron chi connectivity index (χ0n) is 17.0. The van der Waals surface area contributed by atoms with E-state index in [-0.39, 0.29) is 24.8 Å². The molecule has 0 spiro atoms. The number of allylic oxidation sites excluding steroid dienone is 16. The summed E-state index contributed by atoms with van der Waals surface area (Å²) in [6, 6.07) is 0. The van der Waals surface area contributed by atoms with E-state index in [2.05, 4.69) is 101 Å². The molecule has 4 aliphatic carbocycles. The van der Waals surface area contributed by atoms with Gasteiger partial charge in [0.1, 0.15) is 0 Å². The smallest absolute Gasteiger partial charge is 1.00 e. The second-order valence-corrected chi connectivity index (χ2v) is 15.8. The molecule has 0 saturated carbocycles. The van der Waals surface area contributed by atoms with Gasteiger partial charge in [0.05, 0.1) is 0 Å². The number of halogens is 2. The van der Waals surface area contributed by atoms with Crippen LogP contribution < -0.4 is 24.8 Å². The first kappa shape index (κ1) is 23.5. The van der Waals surface area contributed by atoms with Crippen LogP contribution in [0.15, 0.2) is 95.2 Å². The number of hydrogen-bond donors (Lipinski definition) is 0. The maximum atomic E-state index is 2.54. The molecule has 0 nitrogen and oxygen atoms in total. The first-order valence-corrected chi connectivity index (χ1v) is 13.9. The monoisotopic (exact) mass is 488 g/mol. The van der Waals surface area contributed by atoms with Gasteiger partial charge in [-0.2, -0.15) is 0 Å². The molecule has 28 heavy (non-hydrogen) atoms. The molecule has 146 valence electrons. The molecular weight excluding hydrogens is 462 g/mol. The quantitative estimate of drug-likeness (QED) is 0.534. The van der Waals surface area contributed by atoms with Crippen molar-refractivity contribution < 1.29 is 46.1 Å². The summed E-state index contributed by atoms with van der Waals surface area (Å²) in [5.74, 6) is 1.05. The van der Waals surface area contributed by atoms with Crippen molar-refractivity contribution in [2.45, 2.75) is 34.9 Å². The third kappa shape index (κ3) is 4.23. The van der Waals surface area contributed by atoms with E-state index in [1.807, 2.05) is 0 Å². The van der Waals surface area contributed by atoms with Gasteiger partial charge in [-0.3, -0.25) is 0 Å². The number of hydrogen-bond acceptors (Lipinski definition) is 0. The van der Waals surface area contributed by atoms with Crippen LogP contribution in [0, 0.1) is 11.8 Å². The summed E-state index contributed by atoms with van der Waals surface area (Å²) in [5.41, 5.74) is 6.29. The van der Waals surface area contributed by atoms with E-state index in [4.69, 9.17) is 0 Å². The molecule has 0 aromatic rings. The molecule has 0 N–H and O–H groups in total. The molecule has 4 atom stereocenters. The van der Waals surface area contributed by atoms with Gasteiger partial charge in [-0.1, -0.05) is 0 Å². The zero-order chi connectivity index (χ0) is 18.3. The van der Waals surface area contributed by atoms with Gasteiger partial charge in [0.15, 0.2) is 0 Å². The Morgan fingerprint density at radius 2 is 1.04 bits per heavy atom. The predicted octanol–water partition coefficient (Wildman–Crippen LogP) is 0.659. The zero-order valence-corrected chi connectivity index (χ0v) is 21.0. The fourth-order valence-electron chi connectivity index (χ4n) is 4.73. The van der Waals surface area contributed by atoms with Crippen molar-refractivity contribution in [1.29, 1.82) is 0 Å². The average Bonchev–Trinajstić information content (AvgIpc) is 3.10. The van der Waals surface area contributed by atoms with Crippen molar-refractivity contribution in [3.63, 3.8) is 0 Å². The van der Waals surface area contributed by atoms with Crippen molar-refractivity contribution in [3.8, 4) is 0 Å². The van der Waals surface area contributed by atoms with Crippen LogP contribution in [0.5, 0.6) is 0 Å². The minimum absolute atomic E-state index is 0. The van der Waals surface area contributed by atoms with E-state index in [1.165, 1.54) is 0 Å². The largest absolute Gasteiger partial charge is 1.00 e. The molecule has 0 heterocycles. The molecule has 0 aliphatic heterocycles. The SMILES string of the molecule is C[C](C)=[Zr+2]([CH]1C=CC2=C1C=CC=CC2C)[CH]1C=CC2=C1C=CC=CC2C.[Cl-].[Cl-]. The van der Waals surface area contributed by atoms with E-state index in [1.54, 1.807) is 25.5 Å². The molecule has 0 fully saturated rings. The Labute approximate surface area is 190 Å². The Kier molecular flexibility index (Phi) is 8.27. The second kappa shape index (κ2) is 9.84. The van der Waals surface area contributed by atoms with Crippen LogP contribution in [0.25, 0.3) is 0 Å². The Morgan fingerprint density at radius 1 is 0.607 bits per heavy atom. The molecule has 0 aromatic heterocycles. The normalized spacial score (nSPS) is 28.8. The predicted molar refractivity (Wildman–Crippen MR) is 111 cm³/mol. The van der Waals surface area contributed by atoms with Gasteiger partial charge in [0.25, 0.3) is 0 Å². The van der Waals surface area contributed by atoms with Gasteiger partial charge in [-0.15, -0.1) is 0 Å². The summed E-state index contributed by atoms with van der Waals surface area (Å²) in [6.07, 6.45) is 28.3. The first-order valence-electron chi connectivity index (χ1n) is 9.79. The van der Waals surface area contributed by atoms with Gasteiger partial charge < -0.3 is 24.8 Å². The molecule has 0 radical (unpaired) electrons. The maximum absolute atomic E-state index is 2.54. The van der Waals surface area contributed by atoms with Crippen LogP contribution >= 0.6 is 0 Å². The minimum Gasteiger partial charge on any atom is -1.00 e. The fraction of sp³-hybridized carbons (Fsp3) is 0.320. The summed E-state index contributed by atoms with van der Waals surface area (Å²) in [4.78, 5) is 0. The fourth-order valence-corrected chi connectivity index (χ4v) is 13.2. The van der Waals surface area contributed by atoms with E-state index in [0.717, 1.165) is 0 Å². The summed E-state index contributed by atoms with van der Waals surface area (Å²) >= 11 is -1.95. The summed E-state index contributed by atoms with van der Waals surface area (Å²) in [5, 5.41) is 0. The molecule has 0 aromatic carbocycles. The van der Waals surface area contributed by atoms with Gasteiger partial charge in [0.2, 0.25) is 0 Å². The van der Waals surface area contributed by atoms with E-state index < -0.39 is 21.3 Å². The van der Waals surface area contributed by atoms with Crippen LogP contribution in [0.3, 0.4) is 0 Å². The van der Waals surface area contributed by atoms with Crippen LogP contribution in [0.4, 0.5) is 0 Å². The standard InChI is InChI=1S/2C11H11.C3H6.2ClH.Zr/c2*1-9-5-2-3-6-10-7-4-8-11(9)10;1-3-2;;;/h2*2-9H,1H3;1-2H3;2*1H;/q;;;;;+2/p-2. The second-order valence-electron chi connectivity index (χ2n) is 8.02. The van der Waals surface area contributed by atoms with Crippen molar-refractivity contribution >= 4 is 3.21 Å². The Bertz CT molecular complexity index is 831. The maximum Gasteiger partial charge on any atom is -1.00 e. The first-order chi connectivity index (χ1) is 12.6. The molecule has 4 aliphatic rings. The van der Waals surface area contributed by atoms with Gasteiger partial charge in [-0.05, 0) is 0 Å². The Hall–Kier alpha value is -0.747. The third-order valence-corrected chi connectivity index (χ3v) is 14.7. The van der Waals surface area contributed by atoms with Crippen LogP contribution in [-0.2, 0) is 21.3 Å². The number of rotatable bonds is 2. The Balaban J connectivity index is 0.00000140. The van der Waals surface area contributed by atoms with E-state index in [0.29, 0.717) is 19.1 Å². The molecule has 0 saturated heterocycles. The molecule has 4 rings (SSSR count). The van der Waals surface area contributed by atoms with Crippen LogP contribution in [0.2, 0.25) is 7.25 Å².